The van der Waals surface area contributed by atoms with Crippen molar-refractivity contribution in [1.82, 2.24) is 9.97 Å². The van der Waals surface area contributed by atoms with Gasteiger partial charge in [0.1, 0.15) is 6.33 Å². The number of hydrogen-bond donors (Lipinski definition) is 2. The molecule has 0 saturated heterocycles. The fourth-order valence-corrected chi connectivity index (χ4v) is 2.05. The van der Waals surface area contributed by atoms with Crippen LogP contribution < -0.4 is 10.6 Å². The molecule has 1 heterocycles. The monoisotopic (exact) mass is 343 g/mol. The van der Waals surface area contributed by atoms with Crippen molar-refractivity contribution in [3.8, 4) is 0 Å². The summed E-state index contributed by atoms with van der Waals surface area (Å²) >= 11 is 0. The molecule has 0 amide bonds. The van der Waals surface area contributed by atoms with Crippen molar-refractivity contribution >= 4 is 29.0 Å². The predicted octanol–water partition coefficient (Wildman–Crippen LogP) is 2.90. The van der Waals surface area contributed by atoms with Crippen molar-refractivity contribution in [3.05, 3.63) is 58.9 Å². The molecule has 1 aromatic heterocycles. The summed E-state index contributed by atoms with van der Waals surface area (Å²) in [5.41, 5.74) is 0.262. The number of aromatic nitrogens is 2. The molecule has 0 spiro atoms. The number of nitrogens with one attached hydrogen (secondary N) is 2. The van der Waals surface area contributed by atoms with Gasteiger partial charge in [-0.25, -0.2) is 14.8 Å². The summed E-state index contributed by atoms with van der Waals surface area (Å²) in [6, 6.07) is 6.52. The summed E-state index contributed by atoms with van der Waals surface area (Å²) in [6.07, 6.45) is 2.74. The van der Waals surface area contributed by atoms with Gasteiger partial charge in [-0.2, -0.15) is 0 Å². The molecule has 2 N–H and O–H groups in total. The maximum absolute atomic E-state index is 12.0. The van der Waals surface area contributed by atoms with Crippen molar-refractivity contribution in [2.75, 3.05) is 23.8 Å². The first-order chi connectivity index (χ1) is 12.1. The van der Waals surface area contributed by atoms with E-state index in [-0.39, 0.29) is 29.5 Å². The smallest absolute Gasteiger partial charge is 0.353 e. The Kier molecular flexibility index (Phi) is 5.99. The van der Waals surface area contributed by atoms with Crippen molar-refractivity contribution in [2.45, 2.75) is 6.92 Å². The number of esters is 1. The number of nitro groups is 1. The third kappa shape index (κ3) is 4.28. The summed E-state index contributed by atoms with van der Waals surface area (Å²) in [5.74, 6) is -0.522. The number of para-hydroxylation sites is 1. The van der Waals surface area contributed by atoms with Gasteiger partial charge < -0.3 is 15.4 Å². The SMILES string of the molecule is C=CCNc1ncnc(Nc2ccccc2C(=O)OCC)c1[N+](=O)[O-]. The molecule has 9 heteroatoms. The highest BCUT2D eigenvalue weighted by atomic mass is 16.6. The first kappa shape index (κ1) is 17.9. The first-order valence-electron chi connectivity index (χ1n) is 7.45. The van der Waals surface area contributed by atoms with Gasteiger partial charge in [-0.15, -0.1) is 6.58 Å². The van der Waals surface area contributed by atoms with Gasteiger partial charge in [-0.05, 0) is 19.1 Å². The minimum atomic E-state index is -0.596. The van der Waals surface area contributed by atoms with Crippen molar-refractivity contribution in [2.24, 2.45) is 0 Å². The topological polar surface area (TPSA) is 119 Å². The highest BCUT2D eigenvalue weighted by molar-refractivity contribution is 5.96. The molecular weight excluding hydrogens is 326 g/mol. The molecule has 0 atom stereocenters. The van der Waals surface area contributed by atoms with E-state index >= 15 is 0 Å². The Morgan fingerprint density at radius 1 is 1.36 bits per heavy atom. The van der Waals surface area contributed by atoms with Gasteiger partial charge in [0.25, 0.3) is 0 Å². The van der Waals surface area contributed by atoms with E-state index in [1.54, 1.807) is 37.3 Å². The normalized spacial score (nSPS) is 9.96. The Hall–Kier alpha value is -3.49. The largest absolute Gasteiger partial charge is 0.462 e. The number of anilines is 3. The quantitative estimate of drug-likeness (QED) is 0.325. The number of carbonyl (C=O) groups excluding carboxylic acids is 1. The molecule has 0 aliphatic carbocycles. The lowest BCUT2D eigenvalue weighted by Gasteiger charge is -2.12. The molecule has 0 aliphatic rings. The molecular formula is C16H17N5O4. The molecule has 0 radical (unpaired) electrons. The Bertz CT molecular complexity index is 794. The molecule has 1 aromatic carbocycles. The zero-order valence-electron chi connectivity index (χ0n) is 13.6. The number of rotatable bonds is 8. The van der Waals surface area contributed by atoms with Crippen LogP contribution in [0.4, 0.5) is 23.0 Å². The van der Waals surface area contributed by atoms with Gasteiger partial charge in [0.2, 0.25) is 11.6 Å². The average molecular weight is 343 g/mol. The van der Waals surface area contributed by atoms with Crippen LogP contribution in [0.3, 0.4) is 0 Å². The van der Waals surface area contributed by atoms with E-state index < -0.39 is 10.9 Å². The third-order valence-electron chi connectivity index (χ3n) is 3.09. The molecule has 0 aliphatic heterocycles. The van der Waals surface area contributed by atoms with E-state index in [1.165, 1.54) is 6.33 Å². The van der Waals surface area contributed by atoms with Crippen LogP contribution in [-0.2, 0) is 4.74 Å². The number of benzene rings is 1. The lowest BCUT2D eigenvalue weighted by molar-refractivity contribution is -0.383. The summed E-state index contributed by atoms with van der Waals surface area (Å²) in [5, 5.41) is 17.1. The van der Waals surface area contributed by atoms with Crippen molar-refractivity contribution in [3.63, 3.8) is 0 Å². The molecule has 0 bridgehead atoms. The molecule has 2 aromatic rings. The number of nitrogens with zero attached hydrogens (tertiary/aromatic N) is 3. The second-order valence-electron chi connectivity index (χ2n) is 4.74. The van der Waals surface area contributed by atoms with Gasteiger partial charge in [-0.3, -0.25) is 10.1 Å². The van der Waals surface area contributed by atoms with Gasteiger partial charge in [0, 0.05) is 6.54 Å². The predicted molar refractivity (Wildman–Crippen MR) is 93.1 cm³/mol. The zero-order valence-corrected chi connectivity index (χ0v) is 13.6. The Labute approximate surface area is 143 Å². The molecule has 0 saturated carbocycles. The maximum Gasteiger partial charge on any atom is 0.353 e. The number of ether oxygens (including phenoxy) is 1. The molecule has 0 fully saturated rings. The Morgan fingerprint density at radius 3 is 2.76 bits per heavy atom. The van der Waals surface area contributed by atoms with Crippen LogP contribution in [0.25, 0.3) is 0 Å². The van der Waals surface area contributed by atoms with Crippen LogP contribution in [0, 0.1) is 10.1 Å². The second kappa shape index (κ2) is 8.39. The second-order valence-corrected chi connectivity index (χ2v) is 4.74. The highest BCUT2D eigenvalue weighted by Crippen LogP contribution is 2.32. The lowest BCUT2D eigenvalue weighted by atomic mass is 10.2. The fourth-order valence-electron chi connectivity index (χ4n) is 2.05. The summed E-state index contributed by atoms with van der Waals surface area (Å²) in [7, 11) is 0. The van der Waals surface area contributed by atoms with Crippen molar-refractivity contribution < 1.29 is 14.5 Å². The van der Waals surface area contributed by atoms with Gasteiger partial charge >= 0.3 is 11.7 Å². The first-order valence-corrected chi connectivity index (χ1v) is 7.45. The minimum absolute atomic E-state index is 0.0386. The van der Waals surface area contributed by atoms with E-state index in [4.69, 9.17) is 4.74 Å². The summed E-state index contributed by atoms with van der Waals surface area (Å²) in [4.78, 5) is 30.7. The van der Waals surface area contributed by atoms with Crippen LogP contribution in [-0.4, -0.2) is 34.0 Å². The van der Waals surface area contributed by atoms with Crippen LogP contribution in [0.5, 0.6) is 0 Å². The Balaban J connectivity index is 2.42. The summed E-state index contributed by atoms with van der Waals surface area (Å²) < 4.78 is 4.99. The maximum atomic E-state index is 12.0. The van der Waals surface area contributed by atoms with E-state index in [9.17, 15) is 14.9 Å². The molecule has 0 unspecified atom stereocenters. The third-order valence-corrected chi connectivity index (χ3v) is 3.09. The van der Waals surface area contributed by atoms with E-state index in [0.717, 1.165) is 0 Å². The molecule has 2 rings (SSSR count). The highest BCUT2D eigenvalue weighted by Gasteiger charge is 2.24. The van der Waals surface area contributed by atoms with Crippen LogP contribution in [0.1, 0.15) is 17.3 Å². The fraction of sp³-hybridized carbons (Fsp3) is 0.188. The standard InChI is InChI=1S/C16H17N5O4/c1-3-9-17-14-13(21(23)24)15(19-10-18-14)20-12-8-6-5-7-11(12)16(22)25-4-2/h3,5-8,10H,1,4,9H2,2H3,(H2,17,18,19,20). The number of hydrogen-bond acceptors (Lipinski definition) is 8. The van der Waals surface area contributed by atoms with Crippen LogP contribution in [0.15, 0.2) is 43.2 Å². The van der Waals surface area contributed by atoms with Gasteiger partial charge in [0.05, 0.1) is 22.8 Å². The van der Waals surface area contributed by atoms with E-state index in [2.05, 4.69) is 27.2 Å². The van der Waals surface area contributed by atoms with E-state index in [0.29, 0.717) is 12.2 Å². The van der Waals surface area contributed by atoms with Crippen molar-refractivity contribution in [1.29, 1.82) is 0 Å². The Morgan fingerprint density at radius 2 is 2.08 bits per heavy atom. The van der Waals surface area contributed by atoms with E-state index in [1.807, 2.05) is 0 Å². The van der Waals surface area contributed by atoms with Gasteiger partial charge in [-0.1, -0.05) is 18.2 Å². The average Bonchev–Trinajstić information content (AvgIpc) is 2.60. The number of carbonyl (C=O) groups is 1. The summed E-state index contributed by atoms with van der Waals surface area (Å²) in [6.45, 7) is 5.76. The minimum Gasteiger partial charge on any atom is -0.462 e. The molecule has 25 heavy (non-hydrogen) atoms. The molecule has 130 valence electrons. The molecule has 9 nitrogen and oxygen atoms in total. The van der Waals surface area contributed by atoms with Gasteiger partial charge in [0.15, 0.2) is 0 Å². The lowest BCUT2D eigenvalue weighted by Crippen LogP contribution is -2.11. The zero-order chi connectivity index (χ0) is 18.2. The van der Waals surface area contributed by atoms with Crippen LogP contribution in [0.2, 0.25) is 0 Å². The van der Waals surface area contributed by atoms with Crippen LogP contribution >= 0.6 is 0 Å².